The summed E-state index contributed by atoms with van der Waals surface area (Å²) in [6.07, 6.45) is 8.29. The Labute approximate surface area is 168 Å². The van der Waals surface area contributed by atoms with E-state index in [1.54, 1.807) is 17.3 Å². The summed E-state index contributed by atoms with van der Waals surface area (Å²) in [6.45, 7) is 2.50. The molecule has 1 aromatic carbocycles. The van der Waals surface area contributed by atoms with E-state index in [1.807, 2.05) is 31.2 Å². The lowest BCUT2D eigenvalue weighted by Gasteiger charge is -2.33. The number of carbonyl (C=O) groups excluding carboxylic acids is 1. The molecule has 1 unspecified atom stereocenters. The number of likely N-dealkylation sites (tertiary alicyclic amines) is 1. The van der Waals surface area contributed by atoms with Gasteiger partial charge in [-0.15, -0.1) is 0 Å². The molecule has 1 amide bonds. The van der Waals surface area contributed by atoms with E-state index in [0.717, 1.165) is 36.3 Å². The van der Waals surface area contributed by atoms with Crippen LogP contribution in [0.4, 0.5) is 0 Å². The van der Waals surface area contributed by atoms with Crippen LogP contribution in [0.5, 0.6) is 0 Å². The van der Waals surface area contributed by atoms with Gasteiger partial charge >= 0.3 is 0 Å². The highest BCUT2D eigenvalue weighted by Gasteiger charge is 2.32. The van der Waals surface area contributed by atoms with Crippen LogP contribution >= 0.6 is 11.6 Å². The summed E-state index contributed by atoms with van der Waals surface area (Å²) in [5.74, 6) is 1.20. The van der Waals surface area contributed by atoms with E-state index in [9.17, 15) is 4.79 Å². The monoisotopic (exact) mass is 396 g/mol. The molecule has 1 atom stereocenters. The summed E-state index contributed by atoms with van der Waals surface area (Å²) in [4.78, 5) is 27.7. The Morgan fingerprint density at radius 3 is 2.89 bits per heavy atom. The van der Waals surface area contributed by atoms with Crippen molar-refractivity contribution in [3.05, 3.63) is 76.5 Å². The molecule has 6 nitrogen and oxygen atoms in total. The number of carbonyl (C=O) groups is 1. The normalized spacial score (nSPS) is 16.9. The zero-order valence-corrected chi connectivity index (χ0v) is 16.4. The lowest BCUT2D eigenvalue weighted by atomic mass is 10.0. The maximum absolute atomic E-state index is 13.0. The van der Waals surface area contributed by atoms with Crippen LogP contribution in [0.25, 0.3) is 0 Å². The molecule has 0 aliphatic carbocycles. The van der Waals surface area contributed by atoms with E-state index in [2.05, 4.69) is 15.0 Å². The van der Waals surface area contributed by atoms with Gasteiger partial charge in [0.25, 0.3) is 5.91 Å². The molecule has 3 heterocycles. The van der Waals surface area contributed by atoms with Gasteiger partial charge in [0.2, 0.25) is 5.89 Å². The Hall–Kier alpha value is -2.73. The van der Waals surface area contributed by atoms with Gasteiger partial charge in [-0.25, -0.2) is 9.97 Å². The SMILES string of the molecule is Cc1cnc(C(=O)N2CCCCC2c2ncc(Cc3cccc(Cl)c3)o2)cn1. The first-order valence-electron chi connectivity index (χ1n) is 9.39. The van der Waals surface area contributed by atoms with Crippen molar-refractivity contribution < 1.29 is 9.21 Å². The van der Waals surface area contributed by atoms with E-state index in [-0.39, 0.29) is 11.9 Å². The van der Waals surface area contributed by atoms with Crippen LogP contribution in [0, 0.1) is 6.92 Å². The molecule has 0 spiro atoms. The maximum atomic E-state index is 13.0. The molecule has 1 aliphatic heterocycles. The number of halogens is 1. The number of oxazole rings is 1. The summed E-state index contributed by atoms with van der Waals surface area (Å²) >= 11 is 6.06. The van der Waals surface area contributed by atoms with Gasteiger partial charge in [-0.2, -0.15) is 0 Å². The summed E-state index contributed by atoms with van der Waals surface area (Å²) in [6, 6.07) is 7.49. The van der Waals surface area contributed by atoms with E-state index in [1.165, 1.54) is 6.20 Å². The van der Waals surface area contributed by atoms with Gasteiger partial charge in [0, 0.05) is 24.2 Å². The molecule has 0 saturated carbocycles. The Morgan fingerprint density at radius 2 is 2.11 bits per heavy atom. The molecule has 0 N–H and O–H groups in total. The van der Waals surface area contributed by atoms with E-state index in [0.29, 0.717) is 29.6 Å². The molecule has 1 aliphatic rings. The number of amides is 1. The van der Waals surface area contributed by atoms with Crippen LogP contribution in [0.2, 0.25) is 5.02 Å². The van der Waals surface area contributed by atoms with Crippen molar-refractivity contribution in [1.29, 1.82) is 0 Å². The predicted octanol–water partition coefficient (Wildman–Crippen LogP) is 4.38. The van der Waals surface area contributed by atoms with Gasteiger partial charge in [-0.05, 0) is 43.9 Å². The second-order valence-corrected chi connectivity index (χ2v) is 7.46. The first kappa shape index (κ1) is 18.6. The largest absolute Gasteiger partial charge is 0.443 e. The third-order valence-corrected chi connectivity index (χ3v) is 5.12. The van der Waals surface area contributed by atoms with Gasteiger partial charge in [-0.1, -0.05) is 23.7 Å². The minimum Gasteiger partial charge on any atom is -0.443 e. The highest BCUT2D eigenvalue weighted by atomic mass is 35.5. The lowest BCUT2D eigenvalue weighted by molar-refractivity contribution is 0.0563. The standard InChI is InChI=1S/C21H21ClN4O2/c1-14-11-24-18(13-23-14)21(27)26-8-3-2-7-19(26)20-25-12-17(28-20)10-15-5-4-6-16(22)9-15/h4-6,9,11-13,19H,2-3,7-8,10H2,1H3. The second-order valence-electron chi connectivity index (χ2n) is 7.02. The molecular weight excluding hydrogens is 376 g/mol. The molecule has 4 rings (SSSR count). The van der Waals surface area contributed by atoms with Crippen LogP contribution < -0.4 is 0 Å². The fourth-order valence-electron chi connectivity index (χ4n) is 3.49. The summed E-state index contributed by atoms with van der Waals surface area (Å²) < 4.78 is 6.02. The van der Waals surface area contributed by atoms with Crippen LogP contribution in [0.1, 0.15) is 58.7 Å². The zero-order valence-electron chi connectivity index (χ0n) is 15.6. The topological polar surface area (TPSA) is 72.1 Å². The van der Waals surface area contributed by atoms with Crippen molar-refractivity contribution in [2.45, 2.75) is 38.6 Å². The van der Waals surface area contributed by atoms with Crippen molar-refractivity contribution >= 4 is 17.5 Å². The van der Waals surface area contributed by atoms with Gasteiger partial charge in [-0.3, -0.25) is 9.78 Å². The van der Waals surface area contributed by atoms with Crippen LogP contribution in [0.15, 0.2) is 47.3 Å². The lowest BCUT2D eigenvalue weighted by Crippen LogP contribution is -2.39. The van der Waals surface area contributed by atoms with Crippen LogP contribution in [0.3, 0.4) is 0 Å². The number of aryl methyl sites for hydroxylation is 1. The van der Waals surface area contributed by atoms with E-state index < -0.39 is 0 Å². The number of hydrogen-bond donors (Lipinski definition) is 0. The van der Waals surface area contributed by atoms with Crippen molar-refractivity contribution in [3.63, 3.8) is 0 Å². The summed E-state index contributed by atoms with van der Waals surface area (Å²) in [5, 5.41) is 0.695. The third kappa shape index (κ3) is 4.07. The molecule has 1 saturated heterocycles. The highest BCUT2D eigenvalue weighted by molar-refractivity contribution is 6.30. The molecule has 144 valence electrons. The number of aromatic nitrogens is 3. The molecule has 0 bridgehead atoms. The molecule has 2 aromatic heterocycles. The van der Waals surface area contributed by atoms with E-state index in [4.69, 9.17) is 16.0 Å². The molecular formula is C21H21ClN4O2. The third-order valence-electron chi connectivity index (χ3n) is 4.89. The Morgan fingerprint density at radius 1 is 1.21 bits per heavy atom. The molecule has 7 heteroatoms. The average Bonchev–Trinajstić information content (AvgIpc) is 3.16. The quantitative estimate of drug-likeness (QED) is 0.654. The Kier molecular flexibility index (Phi) is 5.39. The van der Waals surface area contributed by atoms with Crippen molar-refractivity contribution in [1.82, 2.24) is 19.9 Å². The van der Waals surface area contributed by atoms with Gasteiger partial charge in [0.15, 0.2) is 0 Å². The first-order chi connectivity index (χ1) is 13.6. The number of rotatable bonds is 4. The van der Waals surface area contributed by atoms with Gasteiger partial charge in [0.05, 0.1) is 18.1 Å². The smallest absolute Gasteiger partial charge is 0.274 e. The minimum absolute atomic E-state index is 0.133. The molecule has 3 aromatic rings. The fourth-order valence-corrected chi connectivity index (χ4v) is 3.70. The first-order valence-corrected chi connectivity index (χ1v) is 9.76. The Balaban J connectivity index is 1.54. The maximum Gasteiger partial charge on any atom is 0.274 e. The van der Waals surface area contributed by atoms with Crippen molar-refractivity contribution in [2.24, 2.45) is 0 Å². The van der Waals surface area contributed by atoms with Crippen molar-refractivity contribution in [3.8, 4) is 0 Å². The molecule has 1 fully saturated rings. The number of benzene rings is 1. The minimum atomic E-state index is -0.183. The summed E-state index contributed by atoms with van der Waals surface area (Å²) in [7, 11) is 0. The highest BCUT2D eigenvalue weighted by Crippen LogP contribution is 2.32. The molecule has 28 heavy (non-hydrogen) atoms. The zero-order chi connectivity index (χ0) is 19.5. The van der Waals surface area contributed by atoms with Crippen LogP contribution in [-0.2, 0) is 6.42 Å². The second kappa shape index (κ2) is 8.10. The van der Waals surface area contributed by atoms with Gasteiger partial charge in [0.1, 0.15) is 17.5 Å². The fraction of sp³-hybridized carbons (Fsp3) is 0.333. The number of piperidine rings is 1. The van der Waals surface area contributed by atoms with Crippen molar-refractivity contribution in [2.75, 3.05) is 6.54 Å². The molecule has 0 radical (unpaired) electrons. The Bertz CT molecular complexity index is 971. The van der Waals surface area contributed by atoms with Gasteiger partial charge < -0.3 is 9.32 Å². The van der Waals surface area contributed by atoms with Crippen LogP contribution in [-0.4, -0.2) is 32.3 Å². The average molecular weight is 397 g/mol. The number of nitrogens with zero attached hydrogens (tertiary/aromatic N) is 4. The summed E-state index contributed by atoms with van der Waals surface area (Å²) in [5.41, 5.74) is 2.19. The predicted molar refractivity (Wildman–Crippen MR) is 105 cm³/mol. The number of hydrogen-bond acceptors (Lipinski definition) is 5. The van der Waals surface area contributed by atoms with E-state index >= 15 is 0 Å².